The van der Waals surface area contributed by atoms with Crippen LogP contribution in [0.1, 0.15) is 117 Å². The number of fused-ring (bicyclic) bond motifs is 2. The molecule has 2 saturated carbocycles. The van der Waals surface area contributed by atoms with Crippen LogP contribution in [0.3, 0.4) is 0 Å². The van der Waals surface area contributed by atoms with Crippen molar-refractivity contribution in [1.29, 1.82) is 5.26 Å². The maximum absolute atomic E-state index is 13.1. The van der Waals surface area contributed by atoms with Gasteiger partial charge in [0, 0.05) is 68.1 Å². The maximum atomic E-state index is 13.1. The number of amides is 2. The number of rotatable bonds is 10. The summed E-state index contributed by atoms with van der Waals surface area (Å²) < 4.78 is 8.13. The van der Waals surface area contributed by atoms with Crippen LogP contribution in [-0.2, 0) is 11.8 Å². The number of carbonyl (C=O) groups excluding carboxylic acids is 2. The molecule has 2 saturated heterocycles. The number of carbonyl (C=O) groups is 2. The number of likely N-dealkylation sites (tertiary alicyclic amines) is 1. The Bertz CT molecular complexity index is 2580. The summed E-state index contributed by atoms with van der Waals surface area (Å²) in [6.07, 6.45) is 10.5. The van der Waals surface area contributed by atoms with Crippen molar-refractivity contribution in [2.24, 2.45) is 13.0 Å². The van der Waals surface area contributed by atoms with Gasteiger partial charge in [0.25, 0.3) is 5.91 Å². The van der Waals surface area contributed by atoms with E-state index < -0.39 is 0 Å². The Kier molecular flexibility index (Phi) is 11.9. The molecule has 332 valence electrons. The summed E-state index contributed by atoms with van der Waals surface area (Å²) >= 11 is 6.18. The monoisotopic (exact) mass is 880 g/mol. The molecule has 2 aliphatic carbocycles. The van der Waals surface area contributed by atoms with E-state index in [0.29, 0.717) is 46.2 Å². The number of piperidine rings is 2. The summed E-state index contributed by atoms with van der Waals surface area (Å²) in [5, 5.41) is 34.6. The molecular weight excluding hydrogens is 824 g/mol. The average molecular weight is 882 g/mol. The van der Waals surface area contributed by atoms with E-state index in [1.54, 1.807) is 24.3 Å². The van der Waals surface area contributed by atoms with Crippen molar-refractivity contribution in [3.05, 3.63) is 88.2 Å². The first kappa shape index (κ1) is 42.3. The zero-order valence-electron chi connectivity index (χ0n) is 36.8. The SMILES string of the molecule is C[C@@H]1CC(=O)Nc2cc(C3CCN(CC4CCN(c5ccc(C(=O)NC6CCC(Oc7ccc(C#N)c(Cl)c7)CC6)nn5)CC4)CC3)cc(-c3ccc4c(c3)c(C3CC3)nn4C)c2N1. The molecule has 5 heterocycles. The lowest BCUT2D eigenvalue weighted by Crippen LogP contribution is -2.41. The van der Waals surface area contributed by atoms with Crippen molar-refractivity contribution in [3.63, 3.8) is 0 Å². The van der Waals surface area contributed by atoms with Gasteiger partial charge in [-0.2, -0.15) is 10.4 Å². The quantitative estimate of drug-likeness (QED) is 0.124. The van der Waals surface area contributed by atoms with Gasteiger partial charge < -0.3 is 30.5 Å². The fourth-order valence-electron chi connectivity index (χ4n) is 10.5. The minimum atomic E-state index is -0.198. The molecule has 0 bridgehead atoms. The van der Waals surface area contributed by atoms with Crippen LogP contribution in [0.15, 0.2) is 60.7 Å². The summed E-state index contributed by atoms with van der Waals surface area (Å²) in [6, 6.07) is 22.4. The van der Waals surface area contributed by atoms with E-state index in [1.807, 2.05) is 17.8 Å². The van der Waals surface area contributed by atoms with Crippen LogP contribution in [0.2, 0.25) is 5.02 Å². The summed E-state index contributed by atoms with van der Waals surface area (Å²) in [4.78, 5) is 31.1. The summed E-state index contributed by atoms with van der Waals surface area (Å²) in [5.41, 5.74) is 8.66. The van der Waals surface area contributed by atoms with E-state index in [-0.39, 0.29) is 30.0 Å². The second kappa shape index (κ2) is 18.0. The van der Waals surface area contributed by atoms with Crippen molar-refractivity contribution in [2.75, 3.05) is 48.3 Å². The Balaban J connectivity index is 0.709. The molecular formula is C50H57ClN10O3. The smallest absolute Gasteiger partial charge is 0.272 e. The van der Waals surface area contributed by atoms with Crippen molar-refractivity contribution >= 4 is 51.5 Å². The van der Waals surface area contributed by atoms with Gasteiger partial charge in [-0.1, -0.05) is 17.7 Å². The van der Waals surface area contributed by atoms with Crippen molar-refractivity contribution in [2.45, 2.75) is 108 Å². The van der Waals surface area contributed by atoms with Crippen LogP contribution in [0.25, 0.3) is 22.0 Å². The Labute approximate surface area is 379 Å². The largest absolute Gasteiger partial charge is 0.490 e. The summed E-state index contributed by atoms with van der Waals surface area (Å²) in [7, 11) is 2.04. The van der Waals surface area contributed by atoms with E-state index in [2.05, 4.69) is 79.3 Å². The minimum absolute atomic E-state index is 0.0331. The van der Waals surface area contributed by atoms with Gasteiger partial charge in [-0.05, 0) is 156 Å². The number of nitrogens with one attached hydrogen (secondary N) is 3. The van der Waals surface area contributed by atoms with Gasteiger partial charge in [0.05, 0.1) is 39.3 Å². The number of anilines is 3. The highest BCUT2D eigenvalue weighted by atomic mass is 35.5. The van der Waals surface area contributed by atoms with Gasteiger partial charge >= 0.3 is 0 Å². The van der Waals surface area contributed by atoms with Gasteiger partial charge in [-0.25, -0.2) is 0 Å². The van der Waals surface area contributed by atoms with E-state index in [0.717, 1.165) is 118 Å². The number of hydrogen-bond donors (Lipinski definition) is 3. The van der Waals surface area contributed by atoms with E-state index in [4.69, 9.17) is 26.7 Å². The van der Waals surface area contributed by atoms with Crippen LogP contribution in [0, 0.1) is 17.2 Å². The predicted octanol–water partition coefficient (Wildman–Crippen LogP) is 8.79. The van der Waals surface area contributed by atoms with Gasteiger partial charge in [-0.15, -0.1) is 10.2 Å². The number of halogens is 1. The fraction of sp³-hybridized carbons (Fsp3) is 0.480. The highest BCUT2D eigenvalue weighted by Gasteiger charge is 2.31. The standard InChI is InChI=1S/C50H57ClN10O3/c1-30-23-47(62)55-44-26-36(25-40(49(44)53-30)34-6-13-45-41(24-34)48(33-3-4-33)58-59(45)2)32-17-19-60(20-18-32)29-31-15-21-61(22-16-31)46-14-12-43(56-57-46)50(63)54-37-7-10-38(11-8-37)64-39-9-5-35(28-52)42(51)27-39/h5-6,9,12-14,24-27,30-33,37-38,53H,3-4,7-8,10-11,15-23,29H2,1-2H3,(H,54,63)(H,55,62)/t30-,37?,38?/m1/s1. The lowest BCUT2D eigenvalue weighted by atomic mass is 9.85. The first-order valence-corrected chi connectivity index (χ1v) is 23.7. The molecule has 64 heavy (non-hydrogen) atoms. The Hall–Kier alpha value is -5.71. The van der Waals surface area contributed by atoms with Gasteiger partial charge in [-0.3, -0.25) is 14.3 Å². The van der Waals surface area contributed by atoms with Crippen molar-refractivity contribution < 1.29 is 14.3 Å². The molecule has 5 aromatic rings. The molecule has 0 unspecified atom stereocenters. The predicted molar refractivity (Wildman–Crippen MR) is 250 cm³/mol. The first-order valence-electron chi connectivity index (χ1n) is 23.3. The number of aromatic nitrogens is 4. The Morgan fingerprint density at radius 2 is 1.70 bits per heavy atom. The topological polar surface area (TPSA) is 153 Å². The molecule has 13 nitrogen and oxygen atoms in total. The zero-order valence-corrected chi connectivity index (χ0v) is 37.5. The summed E-state index contributed by atoms with van der Waals surface area (Å²) in [5.74, 6) is 2.93. The highest BCUT2D eigenvalue weighted by Crippen LogP contribution is 2.46. The molecule has 10 rings (SSSR count). The van der Waals surface area contributed by atoms with Crippen LogP contribution in [-0.4, -0.2) is 87.6 Å². The normalized spacial score (nSPS) is 22.2. The molecule has 3 N–H and O–H groups in total. The number of nitrogens with zero attached hydrogens (tertiary/aromatic N) is 7. The second-order valence-electron chi connectivity index (χ2n) is 18.9. The summed E-state index contributed by atoms with van der Waals surface area (Å²) in [6.45, 7) is 7.15. The van der Waals surface area contributed by atoms with Crippen molar-refractivity contribution in [3.8, 4) is 22.9 Å². The fourth-order valence-corrected chi connectivity index (χ4v) is 10.7. The Morgan fingerprint density at radius 1 is 0.906 bits per heavy atom. The zero-order chi connectivity index (χ0) is 43.9. The third kappa shape index (κ3) is 9.13. The Morgan fingerprint density at radius 3 is 2.42 bits per heavy atom. The van der Waals surface area contributed by atoms with Crippen LogP contribution < -0.4 is 25.6 Å². The highest BCUT2D eigenvalue weighted by molar-refractivity contribution is 6.31. The third-order valence-electron chi connectivity index (χ3n) is 14.2. The number of hydrogen-bond acceptors (Lipinski definition) is 10. The molecule has 3 aliphatic heterocycles. The molecule has 2 amide bonds. The van der Waals surface area contributed by atoms with Gasteiger partial charge in [0.2, 0.25) is 5.91 Å². The van der Waals surface area contributed by atoms with Crippen LogP contribution in [0.5, 0.6) is 5.75 Å². The molecule has 5 aliphatic rings. The molecule has 14 heteroatoms. The van der Waals surface area contributed by atoms with E-state index >= 15 is 0 Å². The van der Waals surface area contributed by atoms with E-state index in [9.17, 15) is 9.59 Å². The van der Waals surface area contributed by atoms with Crippen molar-refractivity contribution in [1.82, 2.24) is 30.2 Å². The lowest BCUT2D eigenvalue weighted by molar-refractivity contribution is -0.116. The van der Waals surface area contributed by atoms with E-state index in [1.165, 1.54) is 29.5 Å². The number of benzene rings is 3. The first-order chi connectivity index (χ1) is 31.1. The van der Waals surface area contributed by atoms with Gasteiger partial charge in [0.1, 0.15) is 11.8 Å². The molecule has 0 radical (unpaired) electrons. The third-order valence-corrected chi connectivity index (χ3v) is 14.6. The number of nitriles is 1. The molecule has 4 fully saturated rings. The maximum Gasteiger partial charge on any atom is 0.272 e. The van der Waals surface area contributed by atoms with Crippen LogP contribution in [0.4, 0.5) is 17.2 Å². The molecule has 0 spiro atoms. The number of aryl methyl sites for hydroxylation is 1. The average Bonchev–Trinajstić information content (AvgIpc) is 4.12. The number of ether oxygens (including phenoxy) is 1. The lowest BCUT2D eigenvalue weighted by Gasteiger charge is -2.38. The second-order valence-corrected chi connectivity index (χ2v) is 19.3. The van der Waals surface area contributed by atoms with Gasteiger partial charge in [0.15, 0.2) is 11.5 Å². The molecule has 3 aromatic carbocycles. The minimum Gasteiger partial charge on any atom is -0.490 e. The molecule has 1 atom stereocenters. The van der Waals surface area contributed by atoms with Crippen LogP contribution >= 0.6 is 11.6 Å². The molecule has 2 aromatic heterocycles.